The van der Waals surface area contributed by atoms with Crippen molar-refractivity contribution in [2.75, 3.05) is 0 Å². The van der Waals surface area contributed by atoms with Gasteiger partial charge in [-0.15, -0.1) is 5.10 Å². The Labute approximate surface area is 137 Å². The number of aromatic nitrogens is 6. The molecule has 0 aliphatic carbocycles. The Kier molecular flexibility index (Phi) is 3.94. The van der Waals surface area contributed by atoms with Crippen molar-refractivity contribution in [1.29, 1.82) is 0 Å². The third-order valence-corrected chi connectivity index (χ3v) is 4.70. The molecule has 1 N–H and O–H groups in total. The second-order valence-electron chi connectivity index (χ2n) is 4.80. The van der Waals surface area contributed by atoms with Crippen LogP contribution in [0.3, 0.4) is 0 Å². The number of nitrogens with one attached hydrogen (secondary N) is 1. The first-order valence-corrected chi connectivity index (χ1v) is 8.06. The van der Waals surface area contributed by atoms with Crippen molar-refractivity contribution >= 4 is 10.0 Å². The molecule has 2 aromatic heterocycles. The van der Waals surface area contributed by atoms with Crippen molar-refractivity contribution in [3.8, 4) is 0 Å². The van der Waals surface area contributed by atoms with Crippen LogP contribution in [0.2, 0.25) is 0 Å². The summed E-state index contributed by atoms with van der Waals surface area (Å²) in [7, 11) is -4.51. The first kappa shape index (κ1) is 16.9. The molecule has 0 amide bonds. The van der Waals surface area contributed by atoms with Gasteiger partial charge in [0, 0.05) is 0 Å². The number of nitrogens with zero attached hydrogens (tertiary/aromatic N) is 5. The number of hydrogen-bond donors (Lipinski definition) is 1. The van der Waals surface area contributed by atoms with Crippen LogP contribution < -0.4 is 5.69 Å². The molecule has 0 spiro atoms. The SMILES string of the molecule is O=c1[nH]cnn1S(=O)(=O)c1ncnn1Cc1ccccc1C(F)(F)F. The van der Waals surface area contributed by atoms with Gasteiger partial charge in [-0.2, -0.15) is 26.7 Å². The largest absolute Gasteiger partial charge is 0.416 e. The van der Waals surface area contributed by atoms with Gasteiger partial charge < -0.3 is 0 Å². The van der Waals surface area contributed by atoms with Crippen LogP contribution in [0.1, 0.15) is 11.1 Å². The number of hydrogen-bond acceptors (Lipinski definition) is 6. The summed E-state index contributed by atoms with van der Waals surface area (Å²) in [5.74, 6) is 0. The fourth-order valence-corrected chi connectivity index (χ4v) is 3.31. The van der Waals surface area contributed by atoms with E-state index in [4.69, 9.17) is 0 Å². The topological polar surface area (TPSA) is 116 Å². The molecule has 0 unspecified atom stereocenters. The highest BCUT2D eigenvalue weighted by atomic mass is 32.2. The summed E-state index contributed by atoms with van der Waals surface area (Å²) in [4.78, 5) is 17.1. The summed E-state index contributed by atoms with van der Waals surface area (Å²) in [5, 5.41) is 6.28. The Hall–Kier alpha value is -2.96. The van der Waals surface area contributed by atoms with Crippen molar-refractivity contribution < 1.29 is 21.6 Å². The highest BCUT2D eigenvalue weighted by molar-refractivity contribution is 7.89. The first-order valence-electron chi connectivity index (χ1n) is 6.62. The summed E-state index contributed by atoms with van der Waals surface area (Å²) in [6.45, 7) is -0.510. The van der Waals surface area contributed by atoms with Crippen LogP contribution in [-0.2, 0) is 22.7 Å². The van der Waals surface area contributed by atoms with Gasteiger partial charge in [-0.25, -0.2) is 14.5 Å². The van der Waals surface area contributed by atoms with E-state index in [1.54, 1.807) is 0 Å². The van der Waals surface area contributed by atoms with Gasteiger partial charge in [-0.3, -0.25) is 4.98 Å². The zero-order valence-corrected chi connectivity index (χ0v) is 13.0. The minimum atomic E-state index is -4.62. The van der Waals surface area contributed by atoms with Crippen LogP contribution in [0, 0.1) is 0 Å². The lowest BCUT2D eigenvalue weighted by Gasteiger charge is -2.13. The molecule has 0 atom stereocenters. The maximum absolute atomic E-state index is 13.1. The molecule has 0 radical (unpaired) electrons. The fourth-order valence-electron chi connectivity index (χ4n) is 2.15. The maximum atomic E-state index is 13.1. The van der Waals surface area contributed by atoms with Gasteiger partial charge in [0.25, 0.3) is 5.16 Å². The Bertz CT molecular complexity index is 1070. The lowest BCUT2D eigenvalue weighted by atomic mass is 10.1. The van der Waals surface area contributed by atoms with Crippen LogP contribution in [0.5, 0.6) is 0 Å². The zero-order valence-electron chi connectivity index (χ0n) is 12.2. The molecule has 0 aliphatic rings. The van der Waals surface area contributed by atoms with E-state index in [9.17, 15) is 26.4 Å². The minimum Gasteiger partial charge on any atom is -0.294 e. The number of benzene rings is 1. The third-order valence-electron chi connectivity index (χ3n) is 3.21. The number of halogens is 3. The summed E-state index contributed by atoms with van der Waals surface area (Å²) in [6.07, 6.45) is -2.89. The maximum Gasteiger partial charge on any atom is 0.416 e. The number of H-pyrrole nitrogens is 1. The van der Waals surface area contributed by atoms with Gasteiger partial charge in [-0.05, 0) is 11.6 Å². The van der Waals surface area contributed by atoms with Crippen LogP contribution in [-0.4, -0.2) is 37.4 Å². The van der Waals surface area contributed by atoms with Gasteiger partial charge >= 0.3 is 21.9 Å². The molecule has 3 aromatic rings. The van der Waals surface area contributed by atoms with E-state index in [-0.39, 0.29) is 9.65 Å². The highest BCUT2D eigenvalue weighted by Gasteiger charge is 2.34. The average molecular weight is 374 g/mol. The molecule has 13 heteroatoms. The molecule has 3 rings (SSSR count). The van der Waals surface area contributed by atoms with E-state index in [1.165, 1.54) is 18.2 Å². The molecule has 0 bridgehead atoms. The normalized spacial score (nSPS) is 12.4. The van der Waals surface area contributed by atoms with Crippen molar-refractivity contribution in [1.82, 2.24) is 28.9 Å². The van der Waals surface area contributed by atoms with Crippen LogP contribution in [0.25, 0.3) is 0 Å². The van der Waals surface area contributed by atoms with Gasteiger partial charge in [0.2, 0.25) is 0 Å². The van der Waals surface area contributed by atoms with E-state index < -0.39 is 39.2 Å². The quantitative estimate of drug-likeness (QED) is 0.710. The fraction of sp³-hybridized carbons (Fsp3) is 0.167. The lowest BCUT2D eigenvalue weighted by molar-refractivity contribution is -0.138. The van der Waals surface area contributed by atoms with Gasteiger partial charge in [0.1, 0.15) is 12.7 Å². The second kappa shape index (κ2) is 5.84. The third kappa shape index (κ3) is 3.05. The molecular weight excluding hydrogens is 365 g/mol. The van der Waals surface area contributed by atoms with E-state index in [2.05, 4.69) is 15.2 Å². The predicted molar refractivity (Wildman–Crippen MR) is 76.0 cm³/mol. The summed E-state index contributed by atoms with van der Waals surface area (Å²) in [6, 6.07) is 4.67. The molecule has 132 valence electrons. The zero-order chi connectivity index (χ0) is 18.2. The summed E-state index contributed by atoms with van der Waals surface area (Å²) in [5.41, 5.74) is -2.16. The van der Waals surface area contributed by atoms with Crippen LogP contribution >= 0.6 is 0 Å². The Balaban J connectivity index is 2.06. The molecule has 0 saturated heterocycles. The molecular formula is C12H9F3N6O3S. The lowest BCUT2D eigenvalue weighted by Crippen LogP contribution is -2.29. The van der Waals surface area contributed by atoms with Gasteiger partial charge in [0.15, 0.2) is 0 Å². The minimum absolute atomic E-state index is 0.142. The molecule has 0 saturated carbocycles. The van der Waals surface area contributed by atoms with E-state index in [0.717, 1.165) is 23.4 Å². The van der Waals surface area contributed by atoms with Crippen LogP contribution in [0.15, 0.2) is 46.9 Å². The summed E-state index contributed by atoms with van der Waals surface area (Å²) >= 11 is 0. The molecule has 9 nitrogen and oxygen atoms in total. The predicted octanol–water partition coefficient (Wildman–Crippen LogP) is 0.467. The van der Waals surface area contributed by atoms with Gasteiger partial charge in [-0.1, -0.05) is 22.3 Å². The molecule has 0 aliphatic heterocycles. The van der Waals surface area contributed by atoms with Crippen molar-refractivity contribution in [3.05, 3.63) is 58.5 Å². The van der Waals surface area contributed by atoms with E-state index in [0.29, 0.717) is 0 Å². The van der Waals surface area contributed by atoms with Crippen molar-refractivity contribution in [2.45, 2.75) is 17.9 Å². The molecule has 1 aromatic carbocycles. The molecule has 25 heavy (non-hydrogen) atoms. The molecule has 0 fully saturated rings. The smallest absolute Gasteiger partial charge is 0.294 e. The van der Waals surface area contributed by atoms with Gasteiger partial charge in [0.05, 0.1) is 12.1 Å². The Morgan fingerprint density at radius 1 is 1.16 bits per heavy atom. The second-order valence-corrected chi connectivity index (χ2v) is 6.46. The van der Waals surface area contributed by atoms with Crippen LogP contribution in [0.4, 0.5) is 13.2 Å². The standard InChI is InChI=1S/C12H9F3N6O3S/c13-12(14,15)9-4-2-1-3-8(9)5-20-11(17-7-18-20)25(23,24)21-10(22)16-6-19-21/h1-4,6-7H,5H2,(H,16,19,22). The number of aromatic amines is 1. The first-order chi connectivity index (χ1) is 11.7. The molecule has 2 heterocycles. The van der Waals surface area contributed by atoms with E-state index in [1.807, 2.05) is 4.98 Å². The van der Waals surface area contributed by atoms with Crippen molar-refractivity contribution in [3.63, 3.8) is 0 Å². The number of alkyl halides is 3. The van der Waals surface area contributed by atoms with E-state index >= 15 is 0 Å². The number of rotatable bonds is 4. The highest BCUT2D eigenvalue weighted by Crippen LogP contribution is 2.32. The Morgan fingerprint density at radius 2 is 1.88 bits per heavy atom. The van der Waals surface area contributed by atoms with Crippen molar-refractivity contribution in [2.24, 2.45) is 0 Å². The average Bonchev–Trinajstić information content (AvgIpc) is 3.16. The summed E-state index contributed by atoms with van der Waals surface area (Å²) < 4.78 is 64.9. The monoisotopic (exact) mass is 374 g/mol. The Morgan fingerprint density at radius 3 is 2.52 bits per heavy atom.